The molecule has 2 nitrogen and oxygen atoms in total. The first-order valence-corrected chi connectivity index (χ1v) is 8.42. The molecule has 1 aromatic heterocycles. The molecule has 3 rings (SSSR count). The summed E-state index contributed by atoms with van der Waals surface area (Å²) in [6.45, 7) is 2.02. The van der Waals surface area contributed by atoms with Crippen LogP contribution in [0.2, 0.25) is 0 Å². The minimum atomic E-state index is 0.0209. The second kappa shape index (κ2) is 5.70. The average Bonchev–Trinajstić information content (AvgIpc) is 2.99. The molecule has 1 unspecified atom stereocenters. The first kappa shape index (κ1) is 13.8. The number of carbonyl (C=O) groups excluding carboxylic acids is 1. The van der Waals surface area contributed by atoms with Crippen LogP contribution in [0.4, 0.5) is 0 Å². The molecule has 4 heteroatoms. The summed E-state index contributed by atoms with van der Waals surface area (Å²) in [6.07, 6.45) is 3.50. The van der Waals surface area contributed by atoms with Gasteiger partial charge in [-0.05, 0) is 55.5 Å². The zero-order valence-electron chi connectivity index (χ0n) is 11.3. The molecule has 0 radical (unpaired) electrons. The van der Waals surface area contributed by atoms with E-state index in [2.05, 4.69) is 27.3 Å². The summed E-state index contributed by atoms with van der Waals surface area (Å²) in [6, 6.07) is 10.1. The van der Waals surface area contributed by atoms with Crippen LogP contribution in [-0.4, -0.2) is 5.91 Å². The van der Waals surface area contributed by atoms with E-state index in [4.69, 9.17) is 0 Å². The summed E-state index contributed by atoms with van der Waals surface area (Å²) in [5.74, 6) is 0.0415. The Labute approximate surface area is 131 Å². The van der Waals surface area contributed by atoms with Crippen LogP contribution in [0.1, 0.15) is 45.1 Å². The van der Waals surface area contributed by atoms with E-state index in [1.165, 1.54) is 16.9 Å². The summed E-state index contributed by atoms with van der Waals surface area (Å²) in [7, 11) is 0. The van der Waals surface area contributed by atoms with Gasteiger partial charge in [0, 0.05) is 9.35 Å². The van der Waals surface area contributed by atoms with Crippen molar-refractivity contribution in [2.75, 3.05) is 0 Å². The maximum atomic E-state index is 12.3. The predicted octanol–water partition coefficient (Wildman–Crippen LogP) is 4.49. The molecule has 0 aliphatic heterocycles. The molecule has 0 fully saturated rings. The normalized spacial score (nSPS) is 14.9. The van der Waals surface area contributed by atoms with Crippen LogP contribution in [0.5, 0.6) is 0 Å². The molecular formula is C16H16BrNOS. The molecule has 1 aliphatic carbocycles. The van der Waals surface area contributed by atoms with Crippen LogP contribution in [0.15, 0.2) is 34.8 Å². The van der Waals surface area contributed by atoms with Gasteiger partial charge in [-0.2, -0.15) is 0 Å². The summed E-state index contributed by atoms with van der Waals surface area (Å²) in [4.78, 5) is 14.5. The summed E-state index contributed by atoms with van der Waals surface area (Å²) in [5.41, 5.74) is 2.49. The number of carbonyl (C=O) groups is 1. The van der Waals surface area contributed by atoms with Crippen LogP contribution >= 0.6 is 27.3 Å². The number of fused-ring (bicyclic) bond motifs is 1. The maximum Gasteiger partial charge on any atom is 0.261 e. The van der Waals surface area contributed by atoms with Gasteiger partial charge in [0.2, 0.25) is 0 Å². The van der Waals surface area contributed by atoms with E-state index in [1.54, 1.807) is 11.3 Å². The number of benzene rings is 1. The first-order chi connectivity index (χ1) is 9.63. The van der Waals surface area contributed by atoms with Crippen LogP contribution in [0.25, 0.3) is 0 Å². The molecule has 1 atom stereocenters. The molecule has 0 saturated heterocycles. The van der Waals surface area contributed by atoms with E-state index in [-0.39, 0.29) is 11.9 Å². The third-order valence-corrected chi connectivity index (χ3v) is 5.45. The molecule has 20 heavy (non-hydrogen) atoms. The molecular weight excluding hydrogens is 334 g/mol. The van der Waals surface area contributed by atoms with E-state index >= 15 is 0 Å². The Morgan fingerprint density at radius 3 is 2.75 bits per heavy atom. The second-order valence-electron chi connectivity index (χ2n) is 5.16. The average molecular weight is 350 g/mol. The van der Waals surface area contributed by atoms with Crippen LogP contribution in [-0.2, 0) is 12.8 Å². The Kier molecular flexibility index (Phi) is 3.94. The zero-order valence-corrected chi connectivity index (χ0v) is 13.7. The minimum Gasteiger partial charge on any atom is -0.345 e. The highest BCUT2D eigenvalue weighted by molar-refractivity contribution is 9.10. The highest BCUT2D eigenvalue weighted by Crippen LogP contribution is 2.30. The van der Waals surface area contributed by atoms with Gasteiger partial charge in [0.15, 0.2) is 0 Å². The molecule has 2 aromatic rings. The van der Waals surface area contributed by atoms with Gasteiger partial charge < -0.3 is 5.32 Å². The minimum absolute atomic E-state index is 0.0209. The molecule has 0 bridgehead atoms. The summed E-state index contributed by atoms with van der Waals surface area (Å²) < 4.78 is 1.05. The zero-order chi connectivity index (χ0) is 14.1. The van der Waals surface area contributed by atoms with E-state index in [1.807, 2.05) is 31.2 Å². The van der Waals surface area contributed by atoms with Gasteiger partial charge in [-0.25, -0.2) is 0 Å². The van der Waals surface area contributed by atoms with Gasteiger partial charge in [-0.15, -0.1) is 11.3 Å². The quantitative estimate of drug-likeness (QED) is 0.868. The SMILES string of the molecule is CC(NC(=O)c1cc2c(s1)CCC2)c1ccc(Br)cc1. The Hall–Kier alpha value is -1.13. The van der Waals surface area contributed by atoms with Gasteiger partial charge in [0.25, 0.3) is 5.91 Å². The molecule has 1 heterocycles. The van der Waals surface area contributed by atoms with E-state index in [0.717, 1.165) is 27.8 Å². The fraction of sp³-hybridized carbons (Fsp3) is 0.312. The molecule has 1 N–H and O–H groups in total. The van der Waals surface area contributed by atoms with Crippen molar-refractivity contribution < 1.29 is 4.79 Å². The number of hydrogen-bond donors (Lipinski definition) is 1. The van der Waals surface area contributed by atoms with Crippen molar-refractivity contribution in [3.8, 4) is 0 Å². The molecule has 1 aliphatic rings. The van der Waals surface area contributed by atoms with Gasteiger partial charge >= 0.3 is 0 Å². The smallest absolute Gasteiger partial charge is 0.261 e. The van der Waals surface area contributed by atoms with Crippen molar-refractivity contribution in [3.05, 3.63) is 55.7 Å². The third-order valence-electron chi connectivity index (χ3n) is 3.69. The van der Waals surface area contributed by atoms with Crippen molar-refractivity contribution in [1.82, 2.24) is 5.32 Å². The highest BCUT2D eigenvalue weighted by atomic mass is 79.9. The molecule has 1 aromatic carbocycles. The van der Waals surface area contributed by atoms with Crippen LogP contribution < -0.4 is 5.32 Å². The molecule has 0 spiro atoms. The number of thiophene rings is 1. The summed E-state index contributed by atoms with van der Waals surface area (Å²) in [5, 5.41) is 3.08. The standard InChI is InChI=1S/C16H16BrNOS/c1-10(11-5-7-13(17)8-6-11)18-16(19)15-9-12-3-2-4-14(12)20-15/h5-10H,2-4H2,1H3,(H,18,19). The molecule has 1 amide bonds. The Morgan fingerprint density at radius 2 is 2.05 bits per heavy atom. The van der Waals surface area contributed by atoms with Crippen molar-refractivity contribution in [2.24, 2.45) is 0 Å². The Bertz CT molecular complexity index is 611. The van der Waals surface area contributed by atoms with Gasteiger partial charge in [-0.3, -0.25) is 4.79 Å². The fourth-order valence-electron chi connectivity index (χ4n) is 2.54. The lowest BCUT2D eigenvalue weighted by atomic mass is 10.1. The van der Waals surface area contributed by atoms with E-state index in [0.29, 0.717) is 0 Å². The van der Waals surface area contributed by atoms with Gasteiger partial charge in [-0.1, -0.05) is 28.1 Å². The lowest BCUT2D eigenvalue weighted by Crippen LogP contribution is -2.25. The van der Waals surface area contributed by atoms with Crippen molar-refractivity contribution in [2.45, 2.75) is 32.2 Å². The predicted molar refractivity (Wildman–Crippen MR) is 86.4 cm³/mol. The monoisotopic (exact) mass is 349 g/mol. The number of hydrogen-bond acceptors (Lipinski definition) is 2. The number of halogens is 1. The summed E-state index contributed by atoms with van der Waals surface area (Å²) >= 11 is 5.07. The fourth-order valence-corrected chi connectivity index (χ4v) is 3.96. The highest BCUT2D eigenvalue weighted by Gasteiger charge is 2.19. The lowest BCUT2D eigenvalue weighted by molar-refractivity contribution is 0.0944. The largest absolute Gasteiger partial charge is 0.345 e. The van der Waals surface area contributed by atoms with Crippen molar-refractivity contribution >= 4 is 33.2 Å². The van der Waals surface area contributed by atoms with Crippen LogP contribution in [0, 0.1) is 0 Å². The lowest BCUT2D eigenvalue weighted by Gasteiger charge is -2.13. The first-order valence-electron chi connectivity index (χ1n) is 6.81. The Morgan fingerprint density at radius 1 is 1.30 bits per heavy atom. The van der Waals surface area contributed by atoms with E-state index < -0.39 is 0 Å². The van der Waals surface area contributed by atoms with Crippen molar-refractivity contribution in [1.29, 1.82) is 0 Å². The van der Waals surface area contributed by atoms with Crippen molar-refractivity contribution in [3.63, 3.8) is 0 Å². The number of rotatable bonds is 3. The van der Waals surface area contributed by atoms with E-state index in [9.17, 15) is 4.79 Å². The third kappa shape index (κ3) is 2.81. The maximum absolute atomic E-state index is 12.3. The number of nitrogens with one attached hydrogen (secondary N) is 1. The number of aryl methyl sites for hydroxylation is 2. The Balaban J connectivity index is 1.70. The van der Waals surface area contributed by atoms with Gasteiger partial charge in [0.05, 0.1) is 10.9 Å². The van der Waals surface area contributed by atoms with Gasteiger partial charge in [0.1, 0.15) is 0 Å². The molecule has 0 saturated carbocycles. The van der Waals surface area contributed by atoms with Crippen LogP contribution in [0.3, 0.4) is 0 Å². The molecule has 104 valence electrons. The number of amides is 1. The topological polar surface area (TPSA) is 29.1 Å². The second-order valence-corrected chi connectivity index (χ2v) is 7.21.